The van der Waals surface area contributed by atoms with Crippen molar-refractivity contribution in [3.8, 4) is 0 Å². The molecule has 1 N–H and O–H groups in total. The summed E-state index contributed by atoms with van der Waals surface area (Å²) in [6, 6.07) is 2.04. The molecule has 0 unspecified atom stereocenters. The van der Waals surface area contributed by atoms with Crippen molar-refractivity contribution in [1.82, 2.24) is 20.3 Å². The van der Waals surface area contributed by atoms with Crippen molar-refractivity contribution in [3.63, 3.8) is 0 Å². The number of piperidine rings is 1. The van der Waals surface area contributed by atoms with Gasteiger partial charge in [-0.25, -0.2) is 15.0 Å². The summed E-state index contributed by atoms with van der Waals surface area (Å²) in [5.41, 5.74) is 0.982. The van der Waals surface area contributed by atoms with Crippen molar-refractivity contribution in [1.29, 1.82) is 0 Å². The number of nitrogens with zero attached hydrogens (tertiary/aromatic N) is 4. The molecule has 0 aliphatic carbocycles. The maximum absolute atomic E-state index is 11.6. The lowest BCUT2D eigenvalue weighted by molar-refractivity contribution is -0.120. The minimum Gasteiger partial charge on any atom is -0.356 e. The standard InChI is InChI=1S/C16H21N5OS/c1-11-9-14(19-10-18-11)21-6-3-13(4-7-21)15(20-12(2)22)16-17-5-8-23-16/h5,8-10,13,15H,3-4,6-7H2,1-2H3,(H,20,22)/t15-/m0/s1. The number of hydrogen-bond acceptors (Lipinski definition) is 6. The molecule has 1 saturated heterocycles. The first-order chi connectivity index (χ1) is 11.1. The Morgan fingerprint density at radius 2 is 2.13 bits per heavy atom. The van der Waals surface area contributed by atoms with Gasteiger partial charge in [-0.1, -0.05) is 0 Å². The van der Waals surface area contributed by atoms with Crippen LogP contribution in [-0.2, 0) is 4.79 Å². The number of thiazole rings is 1. The Kier molecular flexibility index (Phi) is 4.85. The second kappa shape index (κ2) is 7.04. The van der Waals surface area contributed by atoms with Gasteiger partial charge < -0.3 is 10.2 Å². The van der Waals surface area contributed by atoms with E-state index in [1.807, 2.05) is 18.4 Å². The van der Waals surface area contributed by atoms with Crippen molar-refractivity contribution < 1.29 is 4.79 Å². The van der Waals surface area contributed by atoms with E-state index in [9.17, 15) is 4.79 Å². The van der Waals surface area contributed by atoms with Gasteiger partial charge in [-0.05, 0) is 25.7 Å². The largest absolute Gasteiger partial charge is 0.356 e. The molecule has 0 saturated carbocycles. The topological polar surface area (TPSA) is 71.0 Å². The van der Waals surface area contributed by atoms with Crippen LogP contribution in [0.1, 0.15) is 36.5 Å². The molecule has 2 aromatic heterocycles. The average Bonchev–Trinajstić information content (AvgIpc) is 3.07. The van der Waals surface area contributed by atoms with Gasteiger partial charge in [0.2, 0.25) is 5.91 Å². The molecule has 1 amide bonds. The van der Waals surface area contributed by atoms with Gasteiger partial charge in [-0.2, -0.15) is 0 Å². The van der Waals surface area contributed by atoms with Crippen molar-refractivity contribution in [2.24, 2.45) is 5.92 Å². The van der Waals surface area contributed by atoms with E-state index in [0.29, 0.717) is 5.92 Å². The lowest BCUT2D eigenvalue weighted by Crippen LogP contribution is -2.40. The summed E-state index contributed by atoms with van der Waals surface area (Å²) in [6.07, 6.45) is 5.43. The highest BCUT2D eigenvalue weighted by atomic mass is 32.1. The fraction of sp³-hybridized carbons (Fsp3) is 0.500. The molecule has 3 heterocycles. The zero-order chi connectivity index (χ0) is 16.2. The predicted octanol–water partition coefficient (Wildman–Crippen LogP) is 2.34. The molecule has 23 heavy (non-hydrogen) atoms. The summed E-state index contributed by atoms with van der Waals surface area (Å²) < 4.78 is 0. The van der Waals surface area contributed by atoms with Gasteiger partial charge in [-0.3, -0.25) is 4.79 Å². The first-order valence-corrected chi connectivity index (χ1v) is 8.71. The molecule has 0 radical (unpaired) electrons. The van der Waals surface area contributed by atoms with Crippen molar-refractivity contribution in [3.05, 3.63) is 34.7 Å². The number of amides is 1. The van der Waals surface area contributed by atoms with E-state index in [-0.39, 0.29) is 11.9 Å². The van der Waals surface area contributed by atoms with Gasteiger partial charge in [0, 0.05) is 43.4 Å². The molecular formula is C16H21N5OS. The number of anilines is 1. The molecule has 122 valence electrons. The predicted molar refractivity (Wildman–Crippen MR) is 90.4 cm³/mol. The van der Waals surface area contributed by atoms with Crippen LogP contribution in [0.4, 0.5) is 5.82 Å². The van der Waals surface area contributed by atoms with Crippen molar-refractivity contribution >= 4 is 23.1 Å². The van der Waals surface area contributed by atoms with E-state index in [4.69, 9.17) is 0 Å². The lowest BCUT2D eigenvalue weighted by Gasteiger charge is -2.36. The van der Waals surface area contributed by atoms with E-state index < -0.39 is 0 Å². The summed E-state index contributed by atoms with van der Waals surface area (Å²) in [6.45, 7) is 5.41. The van der Waals surface area contributed by atoms with E-state index in [1.54, 1.807) is 30.8 Å². The Bertz CT molecular complexity index is 652. The van der Waals surface area contributed by atoms with Crippen LogP contribution in [-0.4, -0.2) is 33.9 Å². The number of aromatic nitrogens is 3. The summed E-state index contributed by atoms with van der Waals surface area (Å²) in [4.78, 5) is 26.8. The van der Waals surface area contributed by atoms with Crippen LogP contribution in [0.3, 0.4) is 0 Å². The Morgan fingerprint density at radius 1 is 1.35 bits per heavy atom. The fourth-order valence-corrected chi connectivity index (χ4v) is 3.84. The third kappa shape index (κ3) is 3.85. The molecule has 6 nitrogen and oxygen atoms in total. The molecule has 1 atom stereocenters. The average molecular weight is 331 g/mol. The van der Waals surface area contributed by atoms with Crippen molar-refractivity contribution in [2.75, 3.05) is 18.0 Å². The smallest absolute Gasteiger partial charge is 0.217 e. The van der Waals surface area contributed by atoms with E-state index in [1.165, 1.54) is 0 Å². The molecule has 0 spiro atoms. The molecule has 1 fully saturated rings. The highest BCUT2D eigenvalue weighted by Gasteiger charge is 2.30. The number of hydrogen-bond donors (Lipinski definition) is 1. The monoisotopic (exact) mass is 331 g/mol. The summed E-state index contributed by atoms with van der Waals surface area (Å²) in [5.74, 6) is 1.39. The molecule has 3 rings (SSSR count). The van der Waals surface area contributed by atoms with E-state index >= 15 is 0 Å². The fourth-order valence-electron chi connectivity index (χ4n) is 3.06. The van der Waals surface area contributed by atoms with E-state index in [0.717, 1.165) is 42.5 Å². The lowest BCUT2D eigenvalue weighted by atomic mass is 9.89. The second-order valence-corrected chi connectivity index (χ2v) is 6.82. The Balaban J connectivity index is 1.68. The Morgan fingerprint density at radius 3 is 2.74 bits per heavy atom. The summed E-state index contributed by atoms with van der Waals surface area (Å²) in [7, 11) is 0. The number of carbonyl (C=O) groups is 1. The van der Waals surface area contributed by atoms with Gasteiger partial charge in [0.1, 0.15) is 17.2 Å². The molecule has 7 heteroatoms. The van der Waals surface area contributed by atoms with Gasteiger partial charge in [0.15, 0.2) is 0 Å². The van der Waals surface area contributed by atoms with Crippen LogP contribution in [0.15, 0.2) is 24.0 Å². The summed E-state index contributed by atoms with van der Waals surface area (Å²) in [5, 5.41) is 6.04. The van der Waals surface area contributed by atoms with Crippen molar-refractivity contribution in [2.45, 2.75) is 32.7 Å². The van der Waals surface area contributed by atoms with Gasteiger partial charge >= 0.3 is 0 Å². The molecule has 1 aliphatic rings. The third-order valence-electron chi connectivity index (χ3n) is 4.20. The number of aryl methyl sites for hydroxylation is 1. The third-order valence-corrected chi connectivity index (χ3v) is 5.06. The van der Waals surface area contributed by atoms with Crippen LogP contribution in [0.5, 0.6) is 0 Å². The number of nitrogens with one attached hydrogen (secondary N) is 1. The molecule has 2 aromatic rings. The van der Waals surface area contributed by atoms with Crippen LogP contribution in [0, 0.1) is 12.8 Å². The maximum Gasteiger partial charge on any atom is 0.217 e. The van der Waals surface area contributed by atoms with Crippen LogP contribution < -0.4 is 10.2 Å². The quantitative estimate of drug-likeness (QED) is 0.931. The van der Waals surface area contributed by atoms with Crippen LogP contribution >= 0.6 is 11.3 Å². The second-order valence-electron chi connectivity index (χ2n) is 5.89. The Labute approximate surface area is 140 Å². The van der Waals surface area contributed by atoms with E-state index in [2.05, 4.69) is 25.2 Å². The molecule has 1 aliphatic heterocycles. The molecule has 0 aromatic carbocycles. The van der Waals surface area contributed by atoms with Crippen LogP contribution in [0.2, 0.25) is 0 Å². The molecular weight excluding hydrogens is 310 g/mol. The number of carbonyl (C=O) groups excluding carboxylic acids is 1. The molecule has 0 bridgehead atoms. The zero-order valence-electron chi connectivity index (χ0n) is 13.4. The highest BCUT2D eigenvalue weighted by Crippen LogP contribution is 2.33. The summed E-state index contributed by atoms with van der Waals surface area (Å²) >= 11 is 1.61. The van der Waals surface area contributed by atoms with Gasteiger partial charge in [0.25, 0.3) is 0 Å². The maximum atomic E-state index is 11.6. The first-order valence-electron chi connectivity index (χ1n) is 7.83. The highest BCUT2D eigenvalue weighted by molar-refractivity contribution is 7.09. The minimum atomic E-state index is -0.000875. The van der Waals surface area contributed by atoms with Gasteiger partial charge in [-0.15, -0.1) is 11.3 Å². The number of rotatable bonds is 4. The Hall–Kier alpha value is -2.02. The zero-order valence-corrected chi connectivity index (χ0v) is 14.2. The first kappa shape index (κ1) is 15.9. The van der Waals surface area contributed by atoms with Gasteiger partial charge in [0.05, 0.1) is 6.04 Å². The normalized spacial score (nSPS) is 17.0. The van der Waals surface area contributed by atoms with Crippen LogP contribution in [0.25, 0.3) is 0 Å². The minimum absolute atomic E-state index is 0.000875. The SMILES string of the molecule is CC(=O)N[C@H](c1nccs1)C1CCN(c2cc(C)ncn2)CC1.